The molecule has 0 radical (unpaired) electrons. The van der Waals surface area contributed by atoms with Crippen LogP contribution in [0.4, 0.5) is 8.78 Å². The van der Waals surface area contributed by atoms with Gasteiger partial charge >= 0.3 is 0 Å². The van der Waals surface area contributed by atoms with Crippen molar-refractivity contribution in [1.82, 2.24) is 4.98 Å². The van der Waals surface area contributed by atoms with Crippen LogP contribution in [0.2, 0.25) is 0 Å². The fourth-order valence-electron chi connectivity index (χ4n) is 2.24. The number of aryl methyl sites for hydroxylation is 1. The number of hydrogen-bond donors (Lipinski definition) is 1. The number of fused-ring (bicyclic) bond motifs is 1. The number of aromatic nitrogens is 1. The number of halogens is 2. The first-order valence-corrected chi connectivity index (χ1v) is 6.14. The van der Waals surface area contributed by atoms with E-state index in [9.17, 15) is 13.6 Å². The molecule has 2 aromatic carbocycles. The van der Waals surface area contributed by atoms with Gasteiger partial charge in [0.1, 0.15) is 11.6 Å². The van der Waals surface area contributed by atoms with E-state index in [2.05, 4.69) is 4.98 Å². The van der Waals surface area contributed by atoms with Gasteiger partial charge in [-0.25, -0.2) is 8.78 Å². The molecule has 4 heteroatoms. The van der Waals surface area contributed by atoms with Crippen molar-refractivity contribution in [3.05, 3.63) is 70.9 Å². The second-order valence-electron chi connectivity index (χ2n) is 4.70. The van der Waals surface area contributed by atoms with Crippen molar-refractivity contribution < 1.29 is 13.6 Å². The van der Waals surface area contributed by atoms with E-state index in [1.165, 1.54) is 30.5 Å². The van der Waals surface area contributed by atoms with Crippen LogP contribution in [0.3, 0.4) is 0 Å². The Labute approximate surface area is 114 Å². The Morgan fingerprint density at radius 1 is 1.05 bits per heavy atom. The van der Waals surface area contributed by atoms with Crippen LogP contribution in [0, 0.1) is 18.6 Å². The molecule has 0 amide bonds. The zero-order valence-electron chi connectivity index (χ0n) is 10.7. The van der Waals surface area contributed by atoms with Crippen molar-refractivity contribution in [2.75, 3.05) is 0 Å². The van der Waals surface area contributed by atoms with Crippen LogP contribution in [-0.4, -0.2) is 10.8 Å². The van der Waals surface area contributed by atoms with Crippen LogP contribution in [0.25, 0.3) is 10.9 Å². The Bertz CT molecular complexity index is 820. The van der Waals surface area contributed by atoms with Gasteiger partial charge in [0, 0.05) is 22.7 Å². The molecule has 0 atom stereocenters. The maximum atomic E-state index is 13.8. The molecule has 100 valence electrons. The van der Waals surface area contributed by atoms with Crippen molar-refractivity contribution in [3.8, 4) is 0 Å². The van der Waals surface area contributed by atoms with Crippen molar-refractivity contribution in [2.24, 2.45) is 0 Å². The number of nitrogens with one attached hydrogen (secondary N) is 1. The molecule has 0 bridgehead atoms. The molecule has 0 saturated heterocycles. The summed E-state index contributed by atoms with van der Waals surface area (Å²) in [7, 11) is 0. The highest BCUT2D eigenvalue weighted by molar-refractivity contribution is 6.16. The van der Waals surface area contributed by atoms with Crippen LogP contribution < -0.4 is 0 Å². The molecule has 3 rings (SSSR count). The van der Waals surface area contributed by atoms with Gasteiger partial charge in [-0.1, -0.05) is 11.6 Å². The summed E-state index contributed by atoms with van der Waals surface area (Å²) >= 11 is 0. The lowest BCUT2D eigenvalue weighted by Crippen LogP contribution is -2.04. The van der Waals surface area contributed by atoms with Gasteiger partial charge in [0.25, 0.3) is 0 Å². The molecular weight excluding hydrogens is 260 g/mol. The second kappa shape index (κ2) is 4.56. The number of aromatic amines is 1. The summed E-state index contributed by atoms with van der Waals surface area (Å²) in [4.78, 5) is 15.3. The number of ketones is 1. The van der Waals surface area contributed by atoms with Crippen LogP contribution in [0.1, 0.15) is 21.5 Å². The van der Waals surface area contributed by atoms with E-state index in [1.54, 1.807) is 19.1 Å². The van der Waals surface area contributed by atoms with Crippen molar-refractivity contribution in [1.29, 1.82) is 0 Å². The smallest absolute Gasteiger partial charge is 0.198 e. The van der Waals surface area contributed by atoms with Crippen molar-refractivity contribution in [2.45, 2.75) is 6.92 Å². The molecule has 0 fully saturated rings. The van der Waals surface area contributed by atoms with Gasteiger partial charge in [0.2, 0.25) is 0 Å². The highest BCUT2D eigenvalue weighted by Crippen LogP contribution is 2.23. The van der Waals surface area contributed by atoms with E-state index in [1.807, 2.05) is 0 Å². The number of carbonyl (C=O) groups is 1. The zero-order valence-corrected chi connectivity index (χ0v) is 10.7. The first-order valence-electron chi connectivity index (χ1n) is 6.14. The number of carbonyl (C=O) groups excluding carboxylic acids is 1. The summed E-state index contributed by atoms with van der Waals surface area (Å²) in [6.07, 6.45) is 1.48. The largest absolute Gasteiger partial charge is 0.360 e. The summed E-state index contributed by atoms with van der Waals surface area (Å²) in [5.41, 5.74) is 1.70. The molecule has 3 aromatic rings. The third-order valence-corrected chi connectivity index (χ3v) is 3.25. The summed E-state index contributed by atoms with van der Waals surface area (Å²) in [6, 6.07) is 8.48. The van der Waals surface area contributed by atoms with Gasteiger partial charge < -0.3 is 4.98 Å². The molecule has 1 aromatic heterocycles. The fraction of sp³-hybridized carbons (Fsp3) is 0.0625. The van der Waals surface area contributed by atoms with Gasteiger partial charge in [0.05, 0.1) is 5.56 Å². The summed E-state index contributed by atoms with van der Waals surface area (Å²) in [5, 5.41) is 0.455. The third-order valence-electron chi connectivity index (χ3n) is 3.25. The molecule has 20 heavy (non-hydrogen) atoms. The van der Waals surface area contributed by atoms with Gasteiger partial charge in [-0.2, -0.15) is 0 Å². The quantitative estimate of drug-likeness (QED) is 0.702. The second-order valence-corrected chi connectivity index (χ2v) is 4.70. The topological polar surface area (TPSA) is 32.9 Å². The Morgan fingerprint density at radius 3 is 2.65 bits per heavy atom. The Balaban J connectivity index is 2.17. The monoisotopic (exact) mass is 271 g/mol. The van der Waals surface area contributed by atoms with Gasteiger partial charge in [-0.3, -0.25) is 4.79 Å². The average Bonchev–Trinajstić information content (AvgIpc) is 2.83. The van der Waals surface area contributed by atoms with Crippen LogP contribution in [0.5, 0.6) is 0 Å². The van der Waals surface area contributed by atoms with Crippen LogP contribution in [-0.2, 0) is 0 Å². The van der Waals surface area contributed by atoms with E-state index in [4.69, 9.17) is 0 Å². The number of hydrogen-bond acceptors (Lipinski definition) is 1. The van der Waals surface area contributed by atoms with Gasteiger partial charge in [-0.05, 0) is 37.3 Å². The Kier molecular flexibility index (Phi) is 2.86. The maximum Gasteiger partial charge on any atom is 0.198 e. The summed E-state index contributed by atoms with van der Waals surface area (Å²) < 4.78 is 27.1. The minimum atomic E-state index is -0.577. The van der Waals surface area contributed by atoms with Crippen molar-refractivity contribution in [3.63, 3.8) is 0 Å². The maximum absolute atomic E-state index is 13.8. The minimum absolute atomic E-state index is 0.00448. The van der Waals surface area contributed by atoms with E-state index in [-0.39, 0.29) is 11.1 Å². The zero-order chi connectivity index (χ0) is 14.3. The van der Waals surface area contributed by atoms with Gasteiger partial charge in [-0.15, -0.1) is 0 Å². The van der Waals surface area contributed by atoms with E-state index in [0.717, 1.165) is 5.56 Å². The molecule has 1 heterocycles. The molecule has 0 aliphatic carbocycles. The lowest BCUT2D eigenvalue weighted by atomic mass is 10.0. The first kappa shape index (κ1) is 12.5. The van der Waals surface area contributed by atoms with Gasteiger partial charge in [0.15, 0.2) is 5.78 Å². The summed E-state index contributed by atoms with van der Waals surface area (Å²) in [6.45, 7) is 1.78. The average molecular weight is 271 g/mol. The molecule has 0 spiro atoms. The highest BCUT2D eigenvalue weighted by Gasteiger charge is 2.18. The lowest BCUT2D eigenvalue weighted by Gasteiger charge is -2.03. The normalized spacial score (nSPS) is 10.9. The standard InChI is InChI=1S/C16H11F2NO/c1-9-2-4-14(18)12(6-9)16(20)13-8-19-15-5-3-10(17)7-11(13)15/h2-8,19H,1H3. The molecular formula is C16H11F2NO. The molecule has 0 saturated carbocycles. The number of H-pyrrole nitrogens is 1. The summed E-state index contributed by atoms with van der Waals surface area (Å²) in [5.74, 6) is -1.47. The Morgan fingerprint density at radius 2 is 1.85 bits per heavy atom. The SMILES string of the molecule is Cc1ccc(F)c(C(=O)c2c[nH]c3ccc(F)cc23)c1. The van der Waals surface area contributed by atoms with E-state index in [0.29, 0.717) is 10.9 Å². The number of rotatable bonds is 2. The molecule has 0 unspecified atom stereocenters. The third kappa shape index (κ3) is 1.99. The molecule has 0 aliphatic heterocycles. The van der Waals surface area contributed by atoms with Crippen LogP contribution >= 0.6 is 0 Å². The van der Waals surface area contributed by atoms with Crippen LogP contribution in [0.15, 0.2) is 42.6 Å². The number of benzene rings is 2. The predicted molar refractivity (Wildman–Crippen MR) is 72.8 cm³/mol. The fourth-order valence-corrected chi connectivity index (χ4v) is 2.24. The minimum Gasteiger partial charge on any atom is -0.360 e. The van der Waals surface area contributed by atoms with E-state index >= 15 is 0 Å². The first-order chi connectivity index (χ1) is 9.56. The predicted octanol–water partition coefficient (Wildman–Crippen LogP) is 3.99. The molecule has 2 nitrogen and oxygen atoms in total. The lowest BCUT2D eigenvalue weighted by molar-refractivity contribution is 0.103. The Hall–Kier alpha value is -2.49. The molecule has 1 N–H and O–H groups in total. The highest BCUT2D eigenvalue weighted by atomic mass is 19.1. The van der Waals surface area contributed by atoms with Crippen molar-refractivity contribution >= 4 is 16.7 Å². The van der Waals surface area contributed by atoms with E-state index < -0.39 is 17.4 Å². The molecule has 0 aliphatic rings.